The van der Waals surface area contributed by atoms with Crippen LogP contribution in [0.1, 0.15) is 24.0 Å². The van der Waals surface area contributed by atoms with E-state index in [1.54, 1.807) is 19.4 Å². The Balaban J connectivity index is 1.25. The topological polar surface area (TPSA) is 68.5 Å². The van der Waals surface area contributed by atoms with E-state index in [0.717, 1.165) is 57.3 Å². The molecule has 0 spiro atoms. The highest BCUT2D eigenvalue weighted by Crippen LogP contribution is 2.22. The lowest BCUT2D eigenvalue weighted by Crippen LogP contribution is -2.53. The van der Waals surface area contributed by atoms with Gasteiger partial charge >= 0.3 is 0 Å². The predicted molar refractivity (Wildman–Crippen MR) is 112 cm³/mol. The van der Waals surface area contributed by atoms with Crippen LogP contribution < -0.4 is 9.64 Å². The van der Waals surface area contributed by atoms with Crippen LogP contribution in [0.4, 0.5) is 5.95 Å². The van der Waals surface area contributed by atoms with Gasteiger partial charge in [0.1, 0.15) is 0 Å². The molecule has 4 rings (SSSR count). The van der Waals surface area contributed by atoms with Gasteiger partial charge in [-0.3, -0.25) is 9.80 Å². The van der Waals surface area contributed by atoms with Gasteiger partial charge in [0.25, 0.3) is 0 Å². The number of benzene rings is 1. The molecule has 2 fully saturated rings. The number of rotatable bonds is 5. The molecule has 0 aliphatic carbocycles. The van der Waals surface area contributed by atoms with E-state index in [1.165, 1.54) is 18.4 Å². The van der Waals surface area contributed by atoms with Crippen molar-refractivity contribution in [1.82, 2.24) is 19.8 Å². The van der Waals surface area contributed by atoms with Crippen LogP contribution in [-0.4, -0.2) is 72.2 Å². The molecule has 0 atom stereocenters. The van der Waals surface area contributed by atoms with Crippen LogP contribution in [-0.2, 0) is 6.54 Å². The Kier molecular flexibility index (Phi) is 6.23. The number of hydrogen-bond donors (Lipinski definition) is 0. The summed E-state index contributed by atoms with van der Waals surface area (Å²) in [6.45, 7) is 7.16. The van der Waals surface area contributed by atoms with Gasteiger partial charge in [0.2, 0.25) is 11.8 Å². The van der Waals surface area contributed by atoms with E-state index in [1.807, 2.05) is 18.2 Å². The third kappa shape index (κ3) is 4.84. The van der Waals surface area contributed by atoms with Crippen molar-refractivity contribution in [3.8, 4) is 11.9 Å². The first-order chi connectivity index (χ1) is 14.2. The fourth-order valence-corrected chi connectivity index (χ4v) is 4.33. The van der Waals surface area contributed by atoms with Gasteiger partial charge in [-0.1, -0.05) is 12.1 Å². The number of nitriles is 1. The van der Waals surface area contributed by atoms with Gasteiger partial charge in [0, 0.05) is 51.0 Å². The van der Waals surface area contributed by atoms with Crippen molar-refractivity contribution in [3.05, 3.63) is 47.7 Å². The Labute approximate surface area is 172 Å². The fourth-order valence-electron chi connectivity index (χ4n) is 4.33. The molecule has 0 unspecified atom stereocenters. The zero-order chi connectivity index (χ0) is 20.1. The first kappa shape index (κ1) is 19.6. The zero-order valence-corrected chi connectivity index (χ0v) is 17.0. The lowest BCUT2D eigenvalue weighted by molar-refractivity contribution is 0.0995. The molecular weight excluding hydrogens is 364 g/mol. The quantitative estimate of drug-likeness (QED) is 0.772. The first-order valence-corrected chi connectivity index (χ1v) is 10.3. The Morgan fingerprint density at radius 3 is 2.62 bits per heavy atom. The minimum Gasteiger partial charge on any atom is -0.481 e. The van der Waals surface area contributed by atoms with Crippen LogP contribution in [0.3, 0.4) is 0 Å². The highest BCUT2D eigenvalue weighted by atomic mass is 16.5. The summed E-state index contributed by atoms with van der Waals surface area (Å²) < 4.78 is 5.22. The van der Waals surface area contributed by atoms with E-state index in [0.29, 0.717) is 11.9 Å². The molecule has 0 radical (unpaired) electrons. The van der Waals surface area contributed by atoms with Crippen molar-refractivity contribution >= 4 is 5.95 Å². The first-order valence-electron chi connectivity index (χ1n) is 10.3. The van der Waals surface area contributed by atoms with E-state index in [-0.39, 0.29) is 0 Å². The molecule has 2 aliphatic rings. The summed E-state index contributed by atoms with van der Waals surface area (Å²) in [6, 6.07) is 12.6. The van der Waals surface area contributed by atoms with Gasteiger partial charge in [-0.25, -0.2) is 4.98 Å². The summed E-state index contributed by atoms with van der Waals surface area (Å²) in [5.41, 5.74) is 1.98. The number of hydrogen-bond acceptors (Lipinski definition) is 7. The molecule has 7 nitrogen and oxygen atoms in total. The Morgan fingerprint density at radius 1 is 1.10 bits per heavy atom. The molecule has 1 aromatic carbocycles. The summed E-state index contributed by atoms with van der Waals surface area (Å²) in [4.78, 5) is 16.2. The lowest BCUT2D eigenvalue weighted by atomic mass is 10.0. The summed E-state index contributed by atoms with van der Waals surface area (Å²) in [6.07, 6.45) is 4.16. The normalized spacial score (nSPS) is 19.1. The van der Waals surface area contributed by atoms with E-state index >= 15 is 0 Å². The minimum atomic E-state index is 0.616. The summed E-state index contributed by atoms with van der Waals surface area (Å²) >= 11 is 0. The number of aromatic nitrogens is 2. The van der Waals surface area contributed by atoms with Crippen molar-refractivity contribution < 1.29 is 4.74 Å². The monoisotopic (exact) mass is 392 g/mol. The van der Waals surface area contributed by atoms with Gasteiger partial charge in [0.05, 0.1) is 18.7 Å². The van der Waals surface area contributed by atoms with Crippen LogP contribution in [0.15, 0.2) is 36.5 Å². The molecule has 2 aliphatic heterocycles. The second-order valence-electron chi connectivity index (χ2n) is 7.74. The molecule has 0 saturated carbocycles. The molecule has 29 heavy (non-hydrogen) atoms. The van der Waals surface area contributed by atoms with Crippen LogP contribution in [0.2, 0.25) is 0 Å². The number of nitrogens with zero attached hydrogens (tertiary/aromatic N) is 6. The average molecular weight is 393 g/mol. The predicted octanol–water partition coefficient (Wildman–Crippen LogP) is 2.14. The SMILES string of the molecule is COc1ccnc(N2CCN(C3CCN(Cc4cccc(C#N)c4)CC3)CC2)n1. The molecule has 152 valence electrons. The highest BCUT2D eigenvalue weighted by Gasteiger charge is 2.28. The molecular formula is C22H28N6O. The second-order valence-corrected chi connectivity index (χ2v) is 7.74. The van der Waals surface area contributed by atoms with Crippen LogP contribution in [0.25, 0.3) is 0 Å². The van der Waals surface area contributed by atoms with E-state index in [2.05, 4.69) is 36.8 Å². The van der Waals surface area contributed by atoms with Crippen molar-refractivity contribution in [1.29, 1.82) is 5.26 Å². The van der Waals surface area contributed by atoms with E-state index < -0.39 is 0 Å². The van der Waals surface area contributed by atoms with Gasteiger partial charge < -0.3 is 9.64 Å². The zero-order valence-electron chi connectivity index (χ0n) is 17.0. The Hall–Kier alpha value is -2.69. The van der Waals surface area contributed by atoms with Gasteiger partial charge in [-0.05, 0) is 43.6 Å². The standard InChI is InChI=1S/C22H28N6O/c1-29-21-5-8-24-22(25-21)28-13-11-27(12-14-28)20-6-9-26(10-7-20)17-19-4-2-3-18(15-19)16-23/h2-5,8,15,20H,6-7,9-14,17H2,1H3. The number of likely N-dealkylation sites (tertiary alicyclic amines) is 1. The highest BCUT2D eigenvalue weighted by molar-refractivity contribution is 5.33. The number of ether oxygens (including phenoxy) is 1. The van der Waals surface area contributed by atoms with Crippen LogP contribution in [0.5, 0.6) is 5.88 Å². The number of methoxy groups -OCH3 is 1. The second kappa shape index (κ2) is 9.21. The van der Waals surface area contributed by atoms with Crippen molar-refractivity contribution in [2.24, 2.45) is 0 Å². The molecule has 2 aromatic rings. The molecule has 3 heterocycles. The third-order valence-electron chi connectivity index (χ3n) is 5.96. The minimum absolute atomic E-state index is 0.616. The average Bonchev–Trinajstić information content (AvgIpc) is 2.80. The Morgan fingerprint density at radius 2 is 1.90 bits per heavy atom. The van der Waals surface area contributed by atoms with Crippen molar-refractivity contribution in [2.75, 3.05) is 51.3 Å². The molecule has 0 N–H and O–H groups in total. The van der Waals surface area contributed by atoms with Crippen LogP contribution in [0, 0.1) is 11.3 Å². The summed E-state index contributed by atoms with van der Waals surface area (Å²) in [5, 5.41) is 9.08. The smallest absolute Gasteiger partial charge is 0.228 e. The molecule has 0 amide bonds. The lowest BCUT2D eigenvalue weighted by Gasteiger charge is -2.42. The van der Waals surface area contributed by atoms with Gasteiger partial charge in [-0.2, -0.15) is 10.2 Å². The number of piperidine rings is 1. The maximum absolute atomic E-state index is 9.08. The maximum atomic E-state index is 9.08. The Bertz CT molecular complexity index is 850. The maximum Gasteiger partial charge on any atom is 0.228 e. The molecule has 7 heteroatoms. The molecule has 1 aromatic heterocycles. The fraction of sp³-hybridized carbons (Fsp3) is 0.500. The van der Waals surface area contributed by atoms with E-state index in [4.69, 9.17) is 10.00 Å². The largest absolute Gasteiger partial charge is 0.481 e. The van der Waals surface area contributed by atoms with E-state index in [9.17, 15) is 0 Å². The molecule has 2 saturated heterocycles. The number of piperazine rings is 1. The summed E-state index contributed by atoms with van der Waals surface area (Å²) in [5.74, 6) is 1.38. The van der Waals surface area contributed by atoms with Crippen molar-refractivity contribution in [3.63, 3.8) is 0 Å². The van der Waals surface area contributed by atoms with Crippen LogP contribution >= 0.6 is 0 Å². The van der Waals surface area contributed by atoms with Gasteiger partial charge in [-0.15, -0.1) is 0 Å². The third-order valence-corrected chi connectivity index (χ3v) is 5.96. The van der Waals surface area contributed by atoms with Gasteiger partial charge in [0.15, 0.2) is 0 Å². The molecule has 0 bridgehead atoms. The number of anilines is 1. The summed E-state index contributed by atoms with van der Waals surface area (Å²) in [7, 11) is 1.64. The van der Waals surface area contributed by atoms with Crippen molar-refractivity contribution in [2.45, 2.75) is 25.4 Å².